The summed E-state index contributed by atoms with van der Waals surface area (Å²) < 4.78 is 63.7. The number of halogens is 5. The van der Waals surface area contributed by atoms with E-state index in [1.807, 2.05) is 0 Å². The summed E-state index contributed by atoms with van der Waals surface area (Å²) in [7, 11) is 0. The first kappa shape index (κ1) is 20.3. The zero-order chi connectivity index (χ0) is 20.2. The van der Waals surface area contributed by atoms with Crippen molar-refractivity contribution in [2.24, 2.45) is 5.73 Å². The van der Waals surface area contributed by atoms with Gasteiger partial charge in [0.1, 0.15) is 6.04 Å². The molecule has 1 atom stereocenters. The molecule has 0 aliphatic heterocycles. The van der Waals surface area contributed by atoms with Crippen LogP contribution in [-0.4, -0.2) is 17.9 Å². The van der Waals surface area contributed by atoms with Crippen LogP contribution in [0.5, 0.6) is 0 Å². The zero-order valence-electron chi connectivity index (χ0n) is 13.8. The number of rotatable bonds is 6. The van der Waals surface area contributed by atoms with Crippen molar-refractivity contribution in [3.8, 4) is 0 Å². The molecule has 0 aliphatic carbocycles. The number of nitrogens with two attached hydrogens (primary N) is 1. The van der Waals surface area contributed by atoms with Gasteiger partial charge >= 0.3 is 6.18 Å². The zero-order valence-corrected chi connectivity index (χ0v) is 13.8. The van der Waals surface area contributed by atoms with Crippen LogP contribution in [0.1, 0.15) is 16.7 Å². The molecule has 27 heavy (non-hydrogen) atoms. The second-order valence-corrected chi connectivity index (χ2v) is 5.85. The van der Waals surface area contributed by atoms with Gasteiger partial charge in [-0.1, -0.05) is 18.2 Å². The van der Waals surface area contributed by atoms with Gasteiger partial charge in [-0.15, -0.1) is 0 Å². The molecule has 0 heterocycles. The van der Waals surface area contributed by atoms with Gasteiger partial charge in [0.15, 0.2) is 11.6 Å². The van der Waals surface area contributed by atoms with Gasteiger partial charge in [-0.2, -0.15) is 13.2 Å². The number of hydrogen-bond acceptors (Lipinski definition) is 2. The normalized spacial score (nSPS) is 12.5. The summed E-state index contributed by atoms with van der Waals surface area (Å²) in [5, 5.41) is 2.34. The van der Waals surface area contributed by atoms with Crippen molar-refractivity contribution < 1.29 is 31.5 Å². The number of primary amides is 1. The van der Waals surface area contributed by atoms with E-state index in [0.29, 0.717) is 5.56 Å². The highest BCUT2D eigenvalue weighted by Crippen LogP contribution is 2.29. The Bertz CT molecular complexity index is 835. The van der Waals surface area contributed by atoms with Crippen LogP contribution in [-0.2, 0) is 28.6 Å². The third kappa shape index (κ3) is 5.77. The van der Waals surface area contributed by atoms with Crippen molar-refractivity contribution >= 4 is 11.8 Å². The summed E-state index contributed by atoms with van der Waals surface area (Å²) in [6.07, 6.45) is -4.93. The van der Waals surface area contributed by atoms with E-state index in [1.54, 1.807) is 0 Å². The van der Waals surface area contributed by atoms with Crippen LogP contribution in [0.4, 0.5) is 22.0 Å². The smallest absolute Gasteiger partial charge is 0.368 e. The standard InChI is InChI=1S/C18H15F5N2O2/c19-13-6-3-11(7-14(13)20)9-16(26)25-15(17(24)27)8-10-1-4-12(5-2-10)18(21,22)23/h1-7,15H,8-9H2,(H2,24,27)(H,25,26)/t15-/m1/s1. The fraction of sp³-hybridized carbons (Fsp3) is 0.222. The minimum absolute atomic E-state index is 0.114. The lowest BCUT2D eigenvalue weighted by molar-refractivity contribution is -0.137. The maximum Gasteiger partial charge on any atom is 0.416 e. The summed E-state index contributed by atoms with van der Waals surface area (Å²) in [6, 6.07) is 5.84. The Morgan fingerprint density at radius 1 is 0.963 bits per heavy atom. The number of benzene rings is 2. The molecule has 9 heteroatoms. The lowest BCUT2D eigenvalue weighted by Gasteiger charge is -2.16. The van der Waals surface area contributed by atoms with E-state index in [9.17, 15) is 31.5 Å². The molecule has 0 fully saturated rings. The number of alkyl halides is 3. The molecule has 0 radical (unpaired) electrons. The largest absolute Gasteiger partial charge is 0.416 e. The molecule has 0 spiro atoms. The second-order valence-electron chi connectivity index (χ2n) is 5.85. The third-order valence-corrected chi connectivity index (χ3v) is 3.75. The van der Waals surface area contributed by atoms with Crippen molar-refractivity contribution in [2.45, 2.75) is 25.1 Å². The minimum Gasteiger partial charge on any atom is -0.368 e. The molecule has 3 N–H and O–H groups in total. The lowest BCUT2D eigenvalue weighted by atomic mass is 10.0. The van der Waals surface area contributed by atoms with E-state index in [-0.39, 0.29) is 18.4 Å². The Morgan fingerprint density at radius 3 is 2.07 bits per heavy atom. The molecule has 2 aromatic rings. The molecule has 2 aromatic carbocycles. The SMILES string of the molecule is NC(=O)[C@@H](Cc1ccc(C(F)(F)F)cc1)NC(=O)Cc1ccc(F)c(F)c1. The number of amides is 2. The summed E-state index contributed by atoms with van der Waals surface area (Å²) in [5.41, 5.74) is 4.93. The van der Waals surface area contributed by atoms with Gasteiger partial charge in [0, 0.05) is 6.42 Å². The van der Waals surface area contributed by atoms with Crippen LogP contribution in [0.15, 0.2) is 42.5 Å². The van der Waals surface area contributed by atoms with Crippen molar-refractivity contribution in [2.75, 3.05) is 0 Å². The van der Waals surface area contributed by atoms with E-state index < -0.39 is 41.2 Å². The first-order valence-electron chi connectivity index (χ1n) is 7.75. The summed E-state index contributed by atoms with van der Waals surface area (Å²) in [6.45, 7) is 0. The molecule has 0 saturated carbocycles. The second kappa shape index (κ2) is 8.15. The lowest BCUT2D eigenvalue weighted by Crippen LogP contribution is -2.46. The van der Waals surface area contributed by atoms with Gasteiger partial charge in [0.25, 0.3) is 0 Å². The molecule has 0 unspecified atom stereocenters. The van der Waals surface area contributed by atoms with E-state index in [0.717, 1.165) is 24.3 Å². The average Bonchev–Trinajstić information content (AvgIpc) is 2.57. The van der Waals surface area contributed by atoms with Crippen molar-refractivity contribution in [1.29, 1.82) is 0 Å². The van der Waals surface area contributed by atoms with Gasteiger partial charge in [-0.3, -0.25) is 9.59 Å². The Hall–Kier alpha value is -2.97. The number of carbonyl (C=O) groups is 2. The van der Waals surface area contributed by atoms with Gasteiger partial charge in [-0.25, -0.2) is 8.78 Å². The van der Waals surface area contributed by atoms with Crippen LogP contribution >= 0.6 is 0 Å². The molecular formula is C18H15F5N2O2. The molecular weight excluding hydrogens is 371 g/mol. The van der Waals surface area contributed by atoms with Crippen LogP contribution in [0, 0.1) is 11.6 Å². The van der Waals surface area contributed by atoms with Crippen molar-refractivity contribution in [1.82, 2.24) is 5.32 Å². The first-order valence-corrected chi connectivity index (χ1v) is 7.75. The van der Waals surface area contributed by atoms with Gasteiger partial charge < -0.3 is 11.1 Å². The molecule has 4 nitrogen and oxygen atoms in total. The van der Waals surface area contributed by atoms with E-state index in [2.05, 4.69) is 5.32 Å². The topological polar surface area (TPSA) is 72.2 Å². The van der Waals surface area contributed by atoms with Gasteiger partial charge in [-0.05, 0) is 35.4 Å². The van der Waals surface area contributed by atoms with E-state index in [1.165, 1.54) is 18.2 Å². The highest BCUT2D eigenvalue weighted by Gasteiger charge is 2.30. The summed E-state index contributed by atoms with van der Waals surface area (Å²) in [4.78, 5) is 23.6. The quantitative estimate of drug-likeness (QED) is 0.750. The molecule has 2 amide bonds. The highest BCUT2D eigenvalue weighted by molar-refractivity contribution is 5.87. The number of carbonyl (C=O) groups excluding carboxylic acids is 2. The maximum absolute atomic E-state index is 13.2. The fourth-order valence-corrected chi connectivity index (χ4v) is 2.37. The predicted octanol–water partition coefficient (Wildman–Crippen LogP) is 2.74. The Kier molecular flexibility index (Phi) is 6.14. The third-order valence-electron chi connectivity index (χ3n) is 3.75. The van der Waals surface area contributed by atoms with Crippen LogP contribution in [0.25, 0.3) is 0 Å². The summed E-state index contributed by atoms with van der Waals surface area (Å²) >= 11 is 0. The maximum atomic E-state index is 13.2. The highest BCUT2D eigenvalue weighted by atomic mass is 19.4. The summed E-state index contributed by atoms with van der Waals surface area (Å²) in [5.74, 6) is -3.72. The Morgan fingerprint density at radius 2 is 1.56 bits per heavy atom. The fourth-order valence-electron chi connectivity index (χ4n) is 2.37. The molecule has 0 aliphatic rings. The number of hydrogen-bond donors (Lipinski definition) is 2. The Labute approximate surface area is 151 Å². The molecule has 144 valence electrons. The monoisotopic (exact) mass is 386 g/mol. The molecule has 0 bridgehead atoms. The predicted molar refractivity (Wildman–Crippen MR) is 86.3 cm³/mol. The van der Waals surface area contributed by atoms with Crippen LogP contribution in [0.2, 0.25) is 0 Å². The van der Waals surface area contributed by atoms with Gasteiger partial charge in [0.05, 0.1) is 12.0 Å². The van der Waals surface area contributed by atoms with E-state index >= 15 is 0 Å². The van der Waals surface area contributed by atoms with E-state index in [4.69, 9.17) is 5.73 Å². The van der Waals surface area contributed by atoms with Crippen LogP contribution in [0.3, 0.4) is 0 Å². The molecule has 2 rings (SSSR count). The molecule has 0 aromatic heterocycles. The molecule has 0 saturated heterocycles. The van der Waals surface area contributed by atoms with Crippen molar-refractivity contribution in [3.05, 3.63) is 70.8 Å². The van der Waals surface area contributed by atoms with Crippen LogP contribution < -0.4 is 11.1 Å². The average molecular weight is 386 g/mol. The first-order chi connectivity index (χ1) is 12.6. The van der Waals surface area contributed by atoms with Gasteiger partial charge in [0.2, 0.25) is 11.8 Å². The van der Waals surface area contributed by atoms with Crippen molar-refractivity contribution in [3.63, 3.8) is 0 Å². The number of nitrogens with one attached hydrogen (secondary N) is 1. The minimum atomic E-state index is -4.49. The Balaban J connectivity index is 2.03.